The van der Waals surface area contributed by atoms with Gasteiger partial charge < -0.3 is 14.4 Å². The van der Waals surface area contributed by atoms with Crippen LogP contribution in [0.5, 0.6) is 5.75 Å². The Morgan fingerprint density at radius 2 is 1.80 bits per heavy atom. The molecule has 2 aliphatic heterocycles. The summed E-state index contributed by atoms with van der Waals surface area (Å²) in [5.74, 6) is 0.870. The maximum atomic E-state index is 13.6. The maximum absolute atomic E-state index is 13.6. The lowest BCUT2D eigenvalue weighted by molar-refractivity contribution is 0.0354. The van der Waals surface area contributed by atoms with Gasteiger partial charge in [0.1, 0.15) is 11.4 Å². The Kier molecular flexibility index (Phi) is 7.16. The molecule has 0 aliphatic carbocycles. The third-order valence-electron chi connectivity index (χ3n) is 6.83. The number of nitrogens with zero attached hydrogens (tertiary/aromatic N) is 3. The maximum Gasteiger partial charge on any atom is 0.273 e. The molecule has 1 N–H and O–H groups in total. The number of carbonyl (C=O) groups excluding carboxylic acids is 1. The van der Waals surface area contributed by atoms with Crippen molar-refractivity contribution in [3.8, 4) is 17.0 Å². The number of aromatic amines is 1. The van der Waals surface area contributed by atoms with Crippen LogP contribution in [0.25, 0.3) is 11.3 Å². The minimum absolute atomic E-state index is 0.0177. The number of fused-ring (bicyclic) bond motifs is 1. The van der Waals surface area contributed by atoms with Gasteiger partial charge in [-0.25, -0.2) is 0 Å². The van der Waals surface area contributed by atoms with E-state index in [1.807, 2.05) is 17.0 Å². The Balaban J connectivity index is 1.44. The average molecular weight is 475 g/mol. The van der Waals surface area contributed by atoms with Gasteiger partial charge in [-0.15, -0.1) is 0 Å². The summed E-state index contributed by atoms with van der Waals surface area (Å²) in [5, 5.41) is 7.66. The van der Waals surface area contributed by atoms with E-state index in [1.165, 1.54) is 5.56 Å². The van der Waals surface area contributed by atoms with Gasteiger partial charge in [-0.1, -0.05) is 48.9 Å². The molecule has 35 heavy (non-hydrogen) atoms. The lowest BCUT2D eigenvalue weighted by atomic mass is 9.95. The Morgan fingerprint density at radius 1 is 1.06 bits per heavy atom. The van der Waals surface area contributed by atoms with Crippen LogP contribution < -0.4 is 4.74 Å². The second kappa shape index (κ2) is 10.6. The molecule has 0 spiro atoms. The second-order valence-electron chi connectivity index (χ2n) is 9.35. The van der Waals surface area contributed by atoms with Gasteiger partial charge >= 0.3 is 0 Å². The molecule has 1 amide bonds. The van der Waals surface area contributed by atoms with Crippen LogP contribution in [0.3, 0.4) is 0 Å². The van der Waals surface area contributed by atoms with Crippen LogP contribution >= 0.6 is 0 Å². The molecule has 1 saturated heterocycles. The van der Waals surface area contributed by atoms with Crippen molar-refractivity contribution >= 4 is 5.91 Å². The van der Waals surface area contributed by atoms with Gasteiger partial charge in [0.15, 0.2) is 0 Å². The second-order valence-corrected chi connectivity index (χ2v) is 9.35. The summed E-state index contributed by atoms with van der Waals surface area (Å²) in [7, 11) is 0. The zero-order valence-electron chi connectivity index (χ0n) is 20.6. The standard InChI is InChI=1S/C28H34N4O3/c1-3-17-35-23-11-9-22(10-12-23)27-24-25(21-7-5-20(2)6-8-21)29-30-26(24)28(33)32(27)14-4-13-31-15-18-34-19-16-31/h5-12,27H,3-4,13-19H2,1-2H3,(H,29,30). The van der Waals surface area contributed by atoms with E-state index < -0.39 is 0 Å². The molecule has 1 atom stereocenters. The molecule has 0 radical (unpaired) electrons. The van der Waals surface area contributed by atoms with Crippen molar-refractivity contribution in [1.82, 2.24) is 20.0 Å². The lowest BCUT2D eigenvalue weighted by Crippen LogP contribution is -2.38. The average Bonchev–Trinajstić information content (AvgIpc) is 3.43. The van der Waals surface area contributed by atoms with Gasteiger partial charge in [-0.05, 0) is 37.5 Å². The lowest BCUT2D eigenvalue weighted by Gasteiger charge is -2.29. The largest absolute Gasteiger partial charge is 0.494 e. The van der Waals surface area contributed by atoms with Gasteiger partial charge in [0.05, 0.1) is 31.6 Å². The van der Waals surface area contributed by atoms with Crippen molar-refractivity contribution in [2.75, 3.05) is 46.0 Å². The van der Waals surface area contributed by atoms with E-state index in [4.69, 9.17) is 9.47 Å². The molecule has 3 heterocycles. The van der Waals surface area contributed by atoms with Gasteiger partial charge in [-0.3, -0.25) is 14.8 Å². The van der Waals surface area contributed by atoms with Gasteiger partial charge in [0.25, 0.3) is 5.91 Å². The van der Waals surface area contributed by atoms with E-state index in [9.17, 15) is 4.79 Å². The highest BCUT2D eigenvalue weighted by Gasteiger charge is 2.41. The van der Waals surface area contributed by atoms with E-state index >= 15 is 0 Å². The Labute approximate surface area is 207 Å². The van der Waals surface area contributed by atoms with Crippen molar-refractivity contribution in [3.05, 3.63) is 70.9 Å². The number of aromatic nitrogens is 2. The quantitative estimate of drug-likeness (QED) is 0.496. The van der Waals surface area contributed by atoms with E-state index in [0.717, 1.165) is 73.8 Å². The minimum Gasteiger partial charge on any atom is -0.494 e. The fourth-order valence-corrected chi connectivity index (χ4v) is 4.96. The number of hydrogen-bond donors (Lipinski definition) is 1. The first-order valence-electron chi connectivity index (χ1n) is 12.6. The zero-order valence-corrected chi connectivity index (χ0v) is 20.6. The van der Waals surface area contributed by atoms with Crippen LogP contribution in [0.1, 0.15) is 53.0 Å². The summed E-state index contributed by atoms with van der Waals surface area (Å²) in [6, 6.07) is 16.3. The summed E-state index contributed by atoms with van der Waals surface area (Å²) in [5.41, 5.74) is 5.70. The summed E-state index contributed by atoms with van der Waals surface area (Å²) in [6.45, 7) is 9.99. The molecule has 2 aromatic carbocycles. The number of H-pyrrole nitrogens is 1. The predicted octanol–water partition coefficient (Wildman–Crippen LogP) is 4.44. The monoisotopic (exact) mass is 474 g/mol. The van der Waals surface area contributed by atoms with E-state index in [-0.39, 0.29) is 11.9 Å². The zero-order chi connectivity index (χ0) is 24.2. The third kappa shape index (κ3) is 4.97. The highest BCUT2D eigenvalue weighted by Crippen LogP contribution is 2.43. The van der Waals surface area contributed by atoms with Crippen molar-refractivity contribution < 1.29 is 14.3 Å². The van der Waals surface area contributed by atoms with E-state index in [1.54, 1.807) is 0 Å². The fraction of sp³-hybridized carbons (Fsp3) is 0.429. The molecule has 184 valence electrons. The molecule has 0 saturated carbocycles. The van der Waals surface area contributed by atoms with Crippen molar-refractivity contribution in [2.24, 2.45) is 0 Å². The number of benzene rings is 2. The summed E-state index contributed by atoms with van der Waals surface area (Å²) < 4.78 is 11.3. The highest BCUT2D eigenvalue weighted by atomic mass is 16.5. The molecule has 3 aromatic rings. The van der Waals surface area contributed by atoms with Crippen LogP contribution in [0.4, 0.5) is 0 Å². The smallest absolute Gasteiger partial charge is 0.273 e. The number of carbonyl (C=O) groups is 1. The molecule has 7 heteroatoms. The van der Waals surface area contributed by atoms with Crippen LogP contribution in [-0.2, 0) is 4.74 Å². The number of nitrogens with one attached hydrogen (secondary N) is 1. The molecule has 0 bridgehead atoms. The first-order chi connectivity index (χ1) is 17.2. The number of morpholine rings is 1. The number of rotatable bonds is 9. The normalized spacial score (nSPS) is 18.2. The van der Waals surface area contributed by atoms with Gasteiger partial charge in [-0.2, -0.15) is 5.10 Å². The molecule has 7 nitrogen and oxygen atoms in total. The Bertz CT molecular complexity index is 1130. The minimum atomic E-state index is -0.183. The highest BCUT2D eigenvalue weighted by molar-refractivity contribution is 6.00. The number of amides is 1. The molecule has 1 unspecified atom stereocenters. The predicted molar refractivity (Wildman–Crippen MR) is 136 cm³/mol. The van der Waals surface area contributed by atoms with Crippen LogP contribution in [0.15, 0.2) is 48.5 Å². The van der Waals surface area contributed by atoms with E-state index in [0.29, 0.717) is 18.8 Å². The van der Waals surface area contributed by atoms with E-state index in [2.05, 4.69) is 65.3 Å². The van der Waals surface area contributed by atoms with Crippen LogP contribution in [-0.4, -0.2) is 71.9 Å². The number of hydrogen-bond acceptors (Lipinski definition) is 5. The van der Waals surface area contributed by atoms with Gasteiger partial charge in [0, 0.05) is 37.3 Å². The Morgan fingerprint density at radius 3 is 2.51 bits per heavy atom. The molecule has 1 fully saturated rings. The van der Waals surface area contributed by atoms with Crippen LogP contribution in [0.2, 0.25) is 0 Å². The molecule has 1 aromatic heterocycles. The number of aryl methyl sites for hydroxylation is 1. The Hall–Kier alpha value is -3.16. The van der Waals surface area contributed by atoms with Crippen LogP contribution in [0, 0.1) is 6.92 Å². The van der Waals surface area contributed by atoms with Crippen molar-refractivity contribution in [2.45, 2.75) is 32.7 Å². The third-order valence-corrected chi connectivity index (χ3v) is 6.83. The summed E-state index contributed by atoms with van der Waals surface area (Å²) in [6.07, 6.45) is 1.88. The molecular weight excluding hydrogens is 440 g/mol. The summed E-state index contributed by atoms with van der Waals surface area (Å²) >= 11 is 0. The number of ether oxygens (including phenoxy) is 2. The fourth-order valence-electron chi connectivity index (χ4n) is 4.96. The van der Waals surface area contributed by atoms with Gasteiger partial charge in [0.2, 0.25) is 0 Å². The molecule has 2 aliphatic rings. The van der Waals surface area contributed by atoms with Crippen molar-refractivity contribution in [1.29, 1.82) is 0 Å². The first kappa shape index (κ1) is 23.6. The topological polar surface area (TPSA) is 70.7 Å². The molecule has 5 rings (SSSR count). The van der Waals surface area contributed by atoms with Crippen molar-refractivity contribution in [3.63, 3.8) is 0 Å². The molecular formula is C28H34N4O3. The SMILES string of the molecule is CCCOc1ccc(C2c3c(-c4ccc(C)cc4)n[nH]c3C(=O)N2CCCN2CCOCC2)cc1. The summed E-state index contributed by atoms with van der Waals surface area (Å²) in [4.78, 5) is 18.0. The first-order valence-corrected chi connectivity index (χ1v) is 12.6.